The second kappa shape index (κ2) is 47.1. The number of ether oxygens (including phenoxy) is 2. The second-order valence-electron chi connectivity index (χ2n) is 14.7. The van der Waals surface area contributed by atoms with Crippen LogP contribution in [0, 0.1) is 0 Å². The van der Waals surface area contributed by atoms with Gasteiger partial charge >= 0.3 is 11.9 Å². The van der Waals surface area contributed by atoms with Crippen LogP contribution < -0.4 is 10.6 Å². The molecule has 0 saturated carbocycles. The fraction of sp³-hybridized carbons (Fsp3) is 0.864. The summed E-state index contributed by atoms with van der Waals surface area (Å²) in [6.07, 6.45) is 38.9. The summed E-state index contributed by atoms with van der Waals surface area (Å²) < 4.78 is 11.7. The number of aliphatic hydroxyl groups is 2. The second-order valence-corrected chi connectivity index (χ2v) is 14.7. The molecular formula is C44H86I2N2O6. The van der Waals surface area contributed by atoms with Crippen molar-refractivity contribution in [2.45, 2.75) is 219 Å². The zero-order chi connectivity index (χ0) is 38.2. The molecule has 54 heavy (non-hydrogen) atoms. The molecule has 0 heterocycles. The number of carbonyl (C=O) groups is 2. The standard InChI is InChI=1S/C44H84N2O6.2HI/c1-4-6-8-10-12-14-16-18-20-22-24-26-28-30-32-34-41(49)51-40(3)43(44(45-36-38-47)46-37-39-48)52-42(50)35-33-31-29-27-25-23-21-19-17-15-13-11-9-7-5-2;;/h18-21,40,43-48H,4-17,22-39H2,1-3H3;2*1H/b20-18-,21-19-;;. The Morgan fingerprint density at radius 3 is 1.17 bits per heavy atom. The van der Waals surface area contributed by atoms with Crippen LogP contribution in [0.5, 0.6) is 0 Å². The van der Waals surface area contributed by atoms with Crippen LogP contribution in [0.3, 0.4) is 0 Å². The number of unbranched alkanes of at least 4 members (excludes halogenated alkanes) is 22. The highest BCUT2D eigenvalue weighted by Gasteiger charge is 2.32. The molecule has 0 rings (SSSR count). The Hall–Kier alpha value is -0.280. The van der Waals surface area contributed by atoms with Crippen molar-refractivity contribution in [2.75, 3.05) is 26.3 Å². The van der Waals surface area contributed by atoms with Gasteiger partial charge in [0.1, 0.15) is 6.10 Å². The van der Waals surface area contributed by atoms with Crippen molar-refractivity contribution in [1.82, 2.24) is 10.6 Å². The summed E-state index contributed by atoms with van der Waals surface area (Å²) >= 11 is 0. The van der Waals surface area contributed by atoms with Crippen molar-refractivity contribution in [1.29, 1.82) is 0 Å². The lowest BCUT2D eigenvalue weighted by atomic mass is 10.1. The Bertz CT molecular complexity index is 840. The van der Waals surface area contributed by atoms with E-state index in [-0.39, 0.29) is 86.2 Å². The Labute approximate surface area is 367 Å². The Kier molecular flexibility index (Phi) is 50.6. The van der Waals surface area contributed by atoms with Crippen LogP contribution in [0.25, 0.3) is 0 Å². The number of rotatable bonds is 40. The van der Waals surface area contributed by atoms with Gasteiger partial charge in [-0.15, -0.1) is 48.0 Å². The van der Waals surface area contributed by atoms with Gasteiger partial charge in [0, 0.05) is 25.9 Å². The van der Waals surface area contributed by atoms with Crippen molar-refractivity contribution < 1.29 is 29.3 Å². The molecule has 8 nitrogen and oxygen atoms in total. The third kappa shape index (κ3) is 39.9. The highest BCUT2D eigenvalue weighted by Crippen LogP contribution is 2.16. The lowest BCUT2D eigenvalue weighted by Gasteiger charge is -2.32. The molecule has 0 radical (unpaired) electrons. The molecule has 0 aliphatic rings. The summed E-state index contributed by atoms with van der Waals surface area (Å²) in [5.74, 6) is -0.629. The predicted octanol–water partition coefficient (Wildman–Crippen LogP) is 11.6. The predicted molar refractivity (Wildman–Crippen MR) is 249 cm³/mol. The first kappa shape index (κ1) is 58.0. The summed E-state index contributed by atoms with van der Waals surface area (Å²) in [6, 6.07) is 0. The maximum absolute atomic E-state index is 12.9. The molecule has 0 saturated heterocycles. The average Bonchev–Trinajstić information content (AvgIpc) is 3.14. The van der Waals surface area contributed by atoms with Gasteiger partial charge in [0.05, 0.1) is 19.4 Å². The van der Waals surface area contributed by atoms with Crippen LogP contribution in [0.4, 0.5) is 0 Å². The molecule has 0 fully saturated rings. The van der Waals surface area contributed by atoms with E-state index < -0.39 is 18.4 Å². The van der Waals surface area contributed by atoms with Crippen LogP contribution in [0.2, 0.25) is 0 Å². The summed E-state index contributed by atoms with van der Waals surface area (Å²) in [6.45, 7) is 6.58. The average molecular weight is 993 g/mol. The first-order valence-corrected chi connectivity index (χ1v) is 21.9. The van der Waals surface area contributed by atoms with E-state index in [2.05, 4.69) is 48.8 Å². The molecule has 0 spiro atoms. The molecule has 0 aromatic heterocycles. The first-order valence-electron chi connectivity index (χ1n) is 21.9. The summed E-state index contributed by atoms with van der Waals surface area (Å²) in [7, 11) is 0. The first-order chi connectivity index (χ1) is 25.5. The van der Waals surface area contributed by atoms with Crippen molar-refractivity contribution >= 4 is 59.9 Å². The number of allylic oxidation sites excluding steroid dienone is 4. The van der Waals surface area contributed by atoms with Gasteiger partial charge in [-0.2, -0.15) is 0 Å². The molecule has 2 unspecified atom stereocenters. The Balaban J connectivity index is -0.0000130. The molecule has 0 aliphatic heterocycles. The van der Waals surface area contributed by atoms with Gasteiger partial charge < -0.3 is 19.7 Å². The Morgan fingerprint density at radius 2 is 0.815 bits per heavy atom. The van der Waals surface area contributed by atoms with E-state index in [1.165, 1.54) is 103 Å². The molecular weight excluding hydrogens is 906 g/mol. The molecule has 0 aromatic carbocycles. The monoisotopic (exact) mass is 992 g/mol. The van der Waals surface area contributed by atoms with E-state index in [9.17, 15) is 19.8 Å². The van der Waals surface area contributed by atoms with Gasteiger partial charge in [-0.25, -0.2) is 0 Å². The number of hydrogen-bond donors (Lipinski definition) is 4. The van der Waals surface area contributed by atoms with Gasteiger partial charge in [0.15, 0.2) is 6.10 Å². The fourth-order valence-corrected chi connectivity index (χ4v) is 6.40. The molecule has 4 N–H and O–H groups in total. The number of carbonyl (C=O) groups excluding carboxylic acids is 2. The van der Waals surface area contributed by atoms with E-state index in [4.69, 9.17) is 9.47 Å². The molecule has 322 valence electrons. The highest BCUT2D eigenvalue weighted by molar-refractivity contribution is 14.0. The third-order valence-electron chi connectivity index (χ3n) is 9.61. The maximum Gasteiger partial charge on any atom is 0.306 e. The van der Waals surface area contributed by atoms with Gasteiger partial charge in [0.25, 0.3) is 0 Å². The van der Waals surface area contributed by atoms with Gasteiger partial charge in [-0.3, -0.25) is 20.2 Å². The number of halogens is 2. The van der Waals surface area contributed by atoms with Crippen LogP contribution in [0.1, 0.15) is 201 Å². The number of hydrogen-bond acceptors (Lipinski definition) is 8. The topological polar surface area (TPSA) is 117 Å². The normalized spacial score (nSPS) is 12.6. The molecule has 2 atom stereocenters. The van der Waals surface area contributed by atoms with E-state index in [0.717, 1.165) is 64.2 Å². The Morgan fingerprint density at radius 1 is 0.500 bits per heavy atom. The van der Waals surface area contributed by atoms with E-state index in [1.807, 2.05) is 0 Å². The SMILES string of the molecule is CCCCCCCC/C=C\CCCCCCCC(=O)OC(C)C(OC(=O)CCCCCCC/C=C\CCCCCCCC)C(NCCO)NCCO.I.I. The van der Waals surface area contributed by atoms with Crippen LogP contribution in [-0.4, -0.2) is 66.8 Å². The quantitative estimate of drug-likeness (QED) is 0.0158. The van der Waals surface area contributed by atoms with E-state index >= 15 is 0 Å². The minimum atomic E-state index is -0.799. The number of nitrogens with one attached hydrogen (secondary N) is 2. The molecule has 0 aromatic rings. The van der Waals surface area contributed by atoms with Crippen LogP contribution >= 0.6 is 48.0 Å². The summed E-state index contributed by atoms with van der Waals surface area (Å²) in [5, 5.41) is 25.1. The van der Waals surface area contributed by atoms with Gasteiger partial charge in [-0.05, 0) is 71.1 Å². The van der Waals surface area contributed by atoms with Crippen molar-refractivity contribution in [2.24, 2.45) is 0 Å². The zero-order valence-corrected chi connectivity index (χ0v) is 39.7. The lowest BCUT2D eigenvalue weighted by molar-refractivity contribution is -0.170. The highest BCUT2D eigenvalue weighted by atomic mass is 127. The molecule has 10 heteroatoms. The van der Waals surface area contributed by atoms with Crippen LogP contribution in [-0.2, 0) is 19.1 Å². The number of aliphatic hydroxyl groups excluding tert-OH is 2. The van der Waals surface area contributed by atoms with Crippen molar-refractivity contribution in [3.05, 3.63) is 24.3 Å². The third-order valence-corrected chi connectivity index (χ3v) is 9.61. The minimum absolute atomic E-state index is 0. The number of esters is 2. The molecule has 0 amide bonds. The van der Waals surface area contributed by atoms with Crippen molar-refractivity contribution in [3.8, 4) is 0 Å². The smallest absolute Gasteiger partial charge is 0.306 e. The van der Waals surface area contributed by atoms with E-state index in [0.29, 0.717) is 12.8 Å². The molecule has 0 aliphatic carbocycles. The zero-order valence-electron chi connectivity index (χ0n) is 35.0. The summed E-state index contributed by atoms with van der Waals surface area (Å²) in [4.78, 5) is 25.7. The van der Waals surface area contributed by atoms with Crippen LogP contribution in [0.15, 0.2) is 24.3 Å². The summed E-state index contributed by atoms with van der Waals surface area (Å²) in [5.41, 5.74) is 0. The lowest BCUT2D eigenvalue weighted by Crippen LogP contribution is -2.57. The largest absolute Gasteiger partial charge is 0.459 e. The van der Waals surface area contributed by atoms with Gasteiger partial charge in [0.2, 0.25) is 0 Å². The minimum Gasteiger partial charge on any atom is -0.459 e. The maximum atomic E-state index is 12.9. The van der Waals surface area contributed by atoms with Crippen molar-refractivity contribution in [3.63, 3.8) is 0 Å². The molecule has 0 bridgehead atoms. The van der Waals surface area contributed by atoms with Gasteiger partial charge in [-0.1, -0.05) is 141 Å². The fourth-order valence-electron chi connectivity index (χ4n) is 6.40. The van der Waals surface area contributed by atoms with E-state index in [1.54, 1.807) is 6.92 Å².